The predicted octanol–water partition coefficient (Wildman–Crippen LogP) is 2.55. The molecular formula is C15H24N2O3. The standard InChI is InChI=1S/C15H24N2O3/c1-4-5-12-8-11(14(19)20)9-13(17-12)16-10-15(2,3)6-7-18/h8-9,18H,4-7,10H2,1-3H3,(H,16,17)(H,19,20). The summed E-state index contributed by atoms with van der Waals surface area (Å²) in [6.45, 7) is 6.90. The third-order valence-electron chi connectivity index (χ3n) is 3.17. The molecule has 0 aliphatic carbocycles. The Morgan fingerprint density at radius 2 is 2.10 bits per heavy atom. The Balaban J connectivity index is 2.85. The van der Waals surface area contributed by atoms with Crippen molar-refractivity contribution in [1.82, 2.24) is 4.98 Å². The topological polar surface area (TPSA) is 82.5 Å². The summed E-state index contributed by atoms with van der Waals surface area (Å²) in [5.74, 6) is -0.359. The molecule has 0 radical (unpaired) electrons. The number of pyridine rings is 1. The molecule has 0 spiro atoms. The number of aryl methyl sites for hydroxylation is 1. The molecule has 1 rings (SSSR count). The lowest BCUT2D eigenvalue weighted by Gasteiger charge is -2.24. The first-order chi connectivity index (χ1) is 9.38. The normalized spacial score (nSPS) is 11.4. The third-order valence-corrected chi connectivity index (χ3v) is 3.17. The van der Waals surface area contributed by atoms with E-state index in [-0.39, 0.29) is 17.6 Å². The predicted molar refractivity (Wildman–Crippen MR) is 79.2 cm³/mol. The van der Waals surface area contributed by atoms with Crippen molar-refractivity contribution >= 4 is 11.8 Å². The van der Waals surface area contributed by atoms with Gasteiger partial charge < -0.3 is 15.5 Å². The van der Waals surface area contributed by atoms with Crippen LogP contribution in [-0.2, 0) is 6.42 Å². The fourth-order valence-electron chi connectivity index (χ4n) is 1.91. The zero-order valence-corrected chi connectivity index (χ0v) is 12.4. The highest BCUT2D eigenvalue weighted by molar-refractivity contribution is 5.88. The molecule has 5 heteroatoms. The number of aromatic carboxylic acids is 1. The molecule has 0 aliphatic rings. The van der Waals surface area contributed by atoms with Crippen molar-refractivity contribution < 1.29 is 15.0 Å². The summed E-state index contributed by atoms with van der Waals surface area (Å²) in [5.41, 5.74) is 0.974. The molecule has 1 aromatic rings. The summed E-state index contributed by atoms with van der Waals surface area (Å²) in [4.78, 5) is 15.6. The van der Waals surface area contributed by atoms with Crippen LogP contribution in [0.4, 0.5) is 5.82 Å². The van der Waals surface area contributed by atoms with Crippen molar-refractivity contribution in [3.63, 3.8) is 0 Å². The van der Waals surface area contributed by atoms with Gasteiger partial charge >= 0.3 is 5.97 Å². The Morgan fingerprint density at radius 1 is 1.40 bits per heavy atom. The average Bonchev–Trinajstić information content (AvgIpc) is 2.36. The Hall–Kier alpha value is -1.62. The molecule has 0 fully saturated rings. The van der Waals surface area contributed by atoms with Crippen molar-refractivity contribution in [2.75, 3.05) is 18.5 Å². The average molecular weight is 280 g/mol. The van der Waals surface area contributed by atoms with Gasteiger partial charge in [-0.15, -0.1) is 0 Å². The maximum atomic E-state index is 11.1. The first-order valence-electron chi connectivity index (χ1n) is 6.97. The molecule has 0 aliphatic heterocycles. The minimum Gasteiger partial charge on any atom is -0.478 e. The summed E-state index contributed by atoms with van der Waals surface area (Å²) in [7, 11) is 0. The lowest BCUT2D eigenvalue weighted by Crippen LogP contribution is -2.24. The van der Waals surface area contributed by atoms with E-state index in [0.29, 0.717) is 18.8 Å². The van der Waals surface area contributed by atoms with E-state index in [9.17, 15) is 4.79 Å². The lowest BCUT2D eigenvalue weighted by molar-refractivity contribution is 0.0696. The smallest absolute Gasteiger partial charge is 0.335 e. The number of rotatable bonds is 8. The summed E-state index contributed by atoms with van der Waals surface area (Å²) in [5, 5.41) is 21.3. The Labute approximate surface area is 120 Å². The second-order valence-electron chi connectivity index (χ2n) is 5.78. The van der Waals surface area contributed by atoms with Crippen molar-refractivity contribution in [2.45, 2.75) is 40.0 Å². The van der Waals surface area contributed by atoms with Gasteiger partial charge in [0.2, 0.25) is 0 Å². The number of carboxylic acid groups (broad SMARTS) is 1. The highest BCUT2D eigenvalue weighted by Crippen LogP contribution is 2.21. The number of aliphatic hydroxyl groups excluding tert-OH is 1. The quantitative estimate of drug-likeness (QED) is 0.681. The van der Waals surface area contributed by atoms with Crippen LogP contribution in [0.3, 0.4) is 0 Å². The van der Waals surface area contributed by atoms with Crippen LogP contribution >= 0.6 is 0 Å². The van der Waals surface area contributed by atoms with Crippen LogP contribution in [-0.4, -0.2) is 34.3 Å². The van der Waals surface area contributed by atoms with Gasteiger partial charge in [0.05, 0.1) is 5.56 Å². The van der Waals surface area contributed by atoms with E-state index in [1.807, 2.05) is 20.8 Å². The van der Waals surface area contributed by atoms with E-state index in [4.69, 9.17) is 10.2 Å². The zero-order valence-electron chi connectivity index (χ0n) is 12.4. The number of aromatic nitrogens is 1. The first-order valence-corrected chi connectivity index (χ1v) is 6.97. The molecule has 0 atom stereocenters. The number of carboxylic acids is 1. The van der Waals surface area contributed by atoms with E-state index in [1.165, 1.54) is 0 Å². The summed E-state index contributed by atoms with van der Waals surface area (Å²) in [6.07, 6.45) is 2.36. The Morgan fingerprint density at radius 3 is 2.65 bits per heavy atom. The van der Waals surface area contributed by atoms with Gasteiger partial charge in [0.25, 0.3) is 0 Å². The van der Waals surface area contributed by atoms with Crippen LogP contribution in [0.15, 0.2) is 12.1 Å². The van der Waals surface area contributed by atoms with Crippen molar-refractivity contribution in [3.05, 3.63) is 23.4 Å². The molecule has 0 unspecified atom stereocenters. The fourth-order valence-corrected chi connectivity index (χ4v) is 1.91. The molecular weight excluding hydrogens is 256 g/mol. The number of nitrogens with one attached hydrogen (secondary N) is 1. The molecule has 1 aromatic heterocycles. The monoisotopic (exact) mass is 280 g/mol. The van der Waals surface area contributed by atoms with Crippen LogP contribution in [0, 0.1) is 5.41 Å². The number of nitrogens with zero attached hydrogens (tertiary/aromatic N) is 1. The van der Waals surface area contributed by atoms with Crippen LogP contribution in [0.1, 0.15) is 49.7 Å². The molecule has 0 amide bonds. The molecule has 112 valence electrons. The van der Waals surface area contributed by atoms with E-state index in [2.05, 4.69) is 10.3 Å². The van der Waals surface area contributed by atoms with E-state index >= 15 is 0 Å². The minimum atomic E-state index is -0.942. The van der Waals surface area contributed by atoms with Gasteiger partial charge in [0.15, 0.2) is 0 Å². The number of hydrogen-bond acceptors (Lipinski definition) is 4. The first kappa shape index (κ1) is 16.4. The van der Waals surface area contributed by atoms with Crippen LogP contribution < -0.4 is 5.32 Å². The van der Waals surface area contributed by atoms with Gasteiger partial charge in [0, 0.05) is 18.8 Å². The van der Waals surface area contributed by atoms with Crippen LogP contribution in [0.5, 0.6) is 0 Å². The maximum Gasteiger partial charge on any atom is 0.335 e. The van der Waals surface area contributed by atoms with Gasteiger partial charge in [-0.25, -0.2) is 9.78 Å². The van der Waals surface area contributed by atoms with E-state index < -0.39 is 5.97 Å². The summed E-state index contributed by atoms with van der Waals surface area (Å²) < 4.78 is 0. The van der Waals surface area contributed by atoms with Crippen molar-refractivity contribution in [3.8, 4) is 0 Å². The minimum absolute atomic E-state index is 0.0689. The van der Waals surface area contributed by atoms with Gasteiger partial charge in [0.1, 0.15) is 5.82 Å². The van der Waals surface area contributed by atoms with Crippen molar-refractivity contribution in [2.24, 2.45) is 5.41 Å². The Bertz CT molecular complexity index is 458. The SMILES string of the molecule is CCCc1cc(C(=O)O)cc(NCC(C)(C)CCO)n1. The van der Waals surface area contributed by atoms with Crippen molar-refractivity contribution in [1.29, 1.82) is 0 Å². The zero-order chi connectivity index (χ0) is 15.2. The number of aliphatic hydroxyl groups is 1. The maximum absolute atomic E-state index is 11.1. The molecule has 5 nitrogen and oxygen atoms in total. The van der Waals surface area contributed by atoms with E-state index in [1.54, 1.807) is 12.1 Å². The fraction of sp³-hybridized carbons (Fsp3) is 0.600. The van der Waals surface area contributed by atoms with Crippen LogP contribution in [0.25, 0.3) is 0 Å². The second kappa shape index (κ2) is 7.24. The highest BCUT2D eigenvalue weighted by Gasteiger charge is 2.17. The highest BCUT2D eigenvalue weighted by atomic mass is 16.4. The molecule has 20 heavy (non-hydrogen) atoms. The molecule has 3 N–H and O–H groups in total. The van der Waals surface area contributed by atoms with E-state index in [0.717, 1.165) is 18.5 Å². The lowest BCUT2D eigenvalue weighted by atomic mass is 9.90. The van der Waals surface area contributed by atoms with Crippen LogP contribution in [0.2, 0.25) is 0 Å². The van der Waals surface area contributed by atoms with Gasteiger partial charge in [-0.2, -0.15) is 0 Å². The third kappa shape index (κ3) is 5.17. The van der Waals surface area contributed by atoms with Gasteiger partial charge in [-0.05, 0) is 30.4 Å². The molecule has 0 saturated carbocycles. The number of hydrogen-bond donors (Lipinski definition) is 3. The summed E-state index contributed by atoms with van der Waals surface area (Å²) in [6, 6.07) is 3.17. The number of anilines is 1. The molecule has 1 heterocycles. The van der Waals surface area contributed by atoms with Gasteiger partial charge in [-0.3, -0.25) is 0 Å². The molecule has 0 saturated heterocycles. The second-order valence-corrected chi connectivity index (χ2v) is 5.78. The van der Waals surface area contributed by atoms with Gasteiger partial charge in [-0.1, -0.05) is 27.2 Å². The summed E-state index contributed by atoms with van der Waals surface area (Å²) >= 11 is 0. The largest absolute Gasteiger partial charge is 0.478 e. The molecule has 0 aromatic carbocycles. The number of carbonyl (C=O) groups is 1. The Kier molecular flexibility index (Phi) is 5.95. The molecule has 0 bridgehead atoms.